The van der Waals surface area contributed by atoms with Gasteiger partial charge in [0.05, 0.1) is 16.2 Å². The largest absolute Gasteiger partial charge is 0.478 e. The Morgan fingerprint density at radius 2 is 1.96 bits per heavy atom. The first-order chi connectivity index (χ1) is 12.5. The fourth-order valence-corrected chi connectivity index (χ4v) is 3.96. The topological polar surface area (TPSA) is 76.1 Å². The van der Waals surface area contributed by atoms with Crippen molar-refractivity contribution in [3.05, 3.63) is 58.5 Å². The molecule has 1 fully saturated rings. The first-order valence-corrected chi connectivity index (χ1v) is 8.77. The molecule has 0 bridgehead atoms. The highest BCUT2D eigenvalue weighted by Gasteiger charge is 2.34. The highest BCUT2D eigenvalue weighted by Crippen LogP contribution is 2.40. The van der Waals surface area contributed by atoms with Crippen LogP contribution in [0.3, 0.4) is 0 Å². The van der Waals surface area contributed by atoms with E-state index >= 15 is 0 Å². The number of benzene rings is 2. The highest BCUT2D eigenvalue weighted by molar-refractivity contribution is 8.27. The minimum absolute atomic E-state index is 0.126. The zero-order chi connectivity index (χ0) is 18.3. The van der Waals surface area contributed by atoms with Crippen LogP contribution in [0.25, 0.3) is 6.08 Å². The highest BCUT2D eigenvalue weighted by atomic mass is 32.2. The van der Waals surface area contributed by atoms with Crippen molar-refractivity contribution < 1.29 is 24.2 Å². The monoisotopic (exact) mass is 385 g/mol. The summed E-state index contributed by atoms with van der Waals surface area (Å²) >= 11 is 6.47. The quantitative estimate of drug-likeness (QED) is 0.640. The van der Waals surface area contributed by atoms with Crippen LogP contribution >= 0.6 is 24.0 Å². The second-order valence-corrected chi connectivity index (χ2v) is 7.12. The molecule has 2 aliphatic heterocycles. The summed E-state index contributed by atoms with van der Waals surface area (Å²) in [5.74, 6) is -0.191. The molecule has 8 heteroatoms. The van der Waals surface area contributed by atoms with E-state index in [9.17, 15) is 14.7 Å². The number of carbonyl (C=O) groups excluding carboxylic acids is 1. The summed E-state index contributed by atoms with van der Waals surface area (Å²) in [4.78, 5) is 25.9. The second kappa shape index (κ2) is 6.47. The molecule has 26 heavy (non-hydrogen) atoms. The smallest absolute Gasteiger partial charge is 0.336 e. The van der Waals surface area contributed by atoms with E-state index in [1.165, 1.54) is 11.0 Å². The van der Waals surface area contributed by atoms with Gasteiger partial charge < -0.3 is 14.6 Å². The molecule has 4 rings (SSSR count). The van der Waals surface area contributed by atoms with Crippen LogP contribution in [0.15, 0.2) is 47.4 Å². The van der Waals surface area contributed by atoms with Crippen LogP contribution in [-0.4, -0.2) is 28.1 Å². The fraction of sp³-hybridized carbons (Fsp3) is 0.0556. The van der Waals surface area contributed by atoms with Gasteiger partial charge in [0, 0.05) is 6.07 Å². The first kappa shape index (κ1) is 16.6. The van der Waals surface area contributed by atoms with Crippen molar-refractivity contribution in [3.63, 3.8) is 0 Å². The minimum atomic E-state index is -1.05. The molecule has 6 nitrogen and oxygen atoms in total. The van der Waals surface area contributed by atoms with Gasteiger partial charge in [0.15, 0.2) is 15.8 Å². The summed E-state index contributed by atoms with van der Waals surface area (Å²) in [5, 5.41) is 9.29. The van der Waals surface area contributed by atoms with Crippen molar-refractivity contribution in [1.82, 2.24) is 0 Å². The van der Waals surface area contributed by atoms with Crippen molar-refractivity contribution in [2.24, 2.45) is 0 Å². The zero-order valence-corrected chi connectivity index (χ0v) is 14.8. The average molecular weight is 385 g/mol. The fourth-order valence-electron chi connectivity index (χ4n) is 2.67. The number of hydrogen-bond donors (Lipinski definition) is 1. The molecule has 0 radical (unpaired) electrons. The first-order valence-electron chi connectivity index (χ1n) is 7.54. The minimum Gasteiger partial charge on any atom is -0.478 e. The molecule has 130 valence electrons. The number of nitrogens with zero attached hydrogens (tertiary/aromatic N) is 1. The van der Waals surface area contributed by atoms with Crippen LogP contribution in [0, 0.1) is 0 Å². The molecule has 0 saturated carbocycles. The van der Waals surface area contributed by atoms with Gasteiger partial charge >= 0.3 is 5.97 Å². The Hall–Kier alpha value is -2.84. The molecule has 0 spiro atoms. The van der Waals surface area contributed by atoms with Crippen LogP contribution in [0.4, 0.5) is 5.69 Å². The molecule has 1 N–H and O–H groups in total. The predicted octanol–water partition coefficient (Wildman–Crippen LogP) is 3.52. The van der Waals surface area contributed by atoms with E-state index in [-0.39, 0.29) is 18.3 Å². The molecule has 2 aromatic rings. The number of amides is 1. The van der Waals surface area contributed by atoms with Crippen LogP contribution in [-0.2, 0) is 4.79 Å². The molecule has 0 aliphatic carbocycles. The van der Waals surface area contributed by atoms with Crippen molar-refractivity contribution in [2.45, 2.75) is 0 Å². The molecule has 2 aromatic carbocycles. The Morgan fingerprint density at radius 3 is 2.77 bits per heavy atom. The molecule has 0 unspecified atom stereocenters. The Labute approximate surface area is 158 Å². The third kappa shape index (κ3) is 2.83. The van der Waals surface area contributed by atoms with Crippen LogP contribution in [0.5, 0.6) is 11.5 Å². The summed E-state index contributed by atoms with van der Waals surface area (Å²) in [6.07, 6.45) is 1.55. The van der Waals surface area contributed by atoms with Crippen LogP contribution in [0.2, 0.25) is 0 Å². The van der Waals surface area contributed by atoms with Gasteiger partial charge in [0.2, 0.25) is 6.79 Å². The third-order valence-electron chi connectivity index (χ3n) is 3.89. The molecular weight excluding hydrogens is 374 g/mol. The summed E-state index contributed by atoms with van der Waals surface area (Å²) in [6, 6.07) is 11.6. The summed E-state index contributed by atoms with van der Waals surface area (Å²) < 4.78 is 11.0. The molecule has 2 heterocycles. The predicted molar refractivity (Wildman–Crippen MR) is 102 cm³/mol. The maximum atomic E-state index is 12.8. The molecule has 2 aliphatic rings. The van der Waals surface area contributed by atoms with E-state index in [0.717, 1.165) is 11.8 Å². The molecular formula is C18H11NO5S2. The molecule has 0 aromatic heterocycles. The lowest BCUT2D eigenvalue weighted by Crippen LogP contribution is -2.27. The number of thioether (sulfide) groups is 1. The number of fused-ring (bicyclic) bond motifs is 1. The van der Waals surface area contributed by atoms with E-state index in [1.54, 1.807) is 42.5 Å². The Kier molecular flexibility index (Phi) is 4.14. The van der Waals surface area contributed by atoms with Gasteiger partial charge in [-0.25, -0.2) is 4.79 Å². The maximum absolute atomic E-state index is 12.8. The number of anilines is 1. The number of ether oxygens (including phenoxy) is 2. The van der Waals surface area contributed by atoms with Gasteiger partial charge in [-0.05, 0) is 29.8 Å². The van der Waals surface area contributed by atoms with Gasteiger partial charge in [0.1, 0.15) is 0 Å². The maximum Gasteiger partial charge on any atom is 0.336 e. The zero-order valence-electron chi connectivity index (χ0n) is 13.2. The Morgan fingerprint density at radius 1 is 1.19 bits per heavy atom. The number of rotatable bonds is 3. The van der Waals surface area contributed by atoms with Gasteiger partial charge in [0.25, 0.3) is 5.91 Å². The normalized spacial score (nSPS) is 17.2. The Bertz CT molecular complexity index is 985. The molecule has 1 amide bonds. The average Bonchev–Trinajstić information content (AvgIpc) is 3.19. The second-order valence-electron chi connectivity index (χ2n) is 5.45. The van der Waals surface area contributed by atoms with Crippen LogP contribution < -0.4 is 14.4 Å². The standard InChI is InChI=1S/C18H11NO5S2/c20-16-15(7-10-3-1-2-4-12(10)17(21)22)26-18(25)19(16)11-5-6-13-14(8-11)24-9-23-13/h1-8H,9H2,(H,21,22)/b15-7+. The molecule has 1 saturated heterocycles. The number of carboxylic acid groups (broad SMARTS) is 1. The molecule has 0 atom stereocenters. The van der Waals surface area contributed by atoms with Gasteiger partial charge in [-0.3, -0.25) is 9.69 Å². The number of hydrogen-bond acceptors (Lipinski definition) is 6. The van der Waals surface area contributed by atoms with E-state index < -0.39 is 5.97 Å². The van der Waals surface area contributed by atoms with Crippen molar-refractivity contribution in [1.29, 1.82) is 0 Å². The number of carbonyl (C=O) groups is 2. The van der Waals surface area contributed by atoms with Gasteiger partial charge in [-0.1, -0.05) is 42.2 Å². The van der Waals surface area contributed by atoms with E-state index in [2.05, 4.69) is 0 Å². The number of aromatic carboxylic acids is 1. The van der Waals surface area contributed by atoms with Gasteiger partial charge in [-0.15, -0.1) is 0 Å². The lowest BCUT2D eigenvalue weighted by Gasteiger charge is -2.14. The van der Waals surface area contributed by atoms with Crippen LogP contribution in [0.1, 0.15) is 15.9 Å². The van der Waals surface area contributed by atoms with Crippen molar-refractivity contribution >= 4 is 51.9 Å². The Balaban J connectivity index is 1.69. The summed E-state index contributed by atoms with van der Waals surface area (Å²) in [7, 11) is 0. The third-order valence-corrected chi connectivity index (χ3v) is 5.19. The summed E-state index contributed by atoms with van der Waals surface area (Å²) in [6.45, 7) is 0.142. The van der Waals surface area contributed by atoms with Crippen molar-refractivity contribution in [3.8, 4) is 11.5 Å². The van der Waals surface area contributed by atoms with E-state index in [4.69, 9.17) is 21.7 Å². The van der Waals surface area contributed by atoms with Crippen molar-refractivity contribution in [2.75, 3.05) is 11.7 Å². The van der Waals surface area contributed by atoms with E-state index in [0.29, 0.717) is 32.0 Å². The SMILES string of the molecule is O=C(O)c1ccccc1/C=C1/SC(=S)N(c2ccc3c(c2)OCO3)C1=O. The van der Waals surface area contributed by atoms with E-state index in [1.807, 2.05) is 0 Å². The number of thiocarbonyl (C=S) groups is 1. The van der Waals surface area contributed by atoms with Gasteiger partial charge in [-0.2, -0.15) is 0 Å². The summed E-state index contributed by atoms with van der Waals surface area (Å²) in [5.41, 5.74) is 1.15. The lowest BCUT2D eigenvalue weighted by molar-refractivity contribution is -0.113. The lowest BCUT2D eigenvalue weighted by atomic mass is 10.1. The number of carboxylic acids is 1.